The van der Waals surface area contributed by atoms with Crippen molar-refractivity contribution in [3.8, 4) is 5.75 Å². The summed E-state index contributed by atoms with van der Waals surface area (Å²) in [6, 6.07) is 1.26. The predicted octanol–water partition coefficient (Wildman–Crippen LogP) is -3.13. The van der Waals surface area contributed by atoms with Gasteiger partial charge in [0, 0.05) is 37.8 Å². The SMILES string of the molecule is NC(N)=NCCCC(N)C(=O)NC(Cc1ccc(O)cc1)C(=O)NC(Cc1cnc[nH]1)C(=O)NC(CCCN=C(N)N)C(=O)O. The lowest BCUT2D eigenvalue weighted by Crippen LogP contribution is -2.58. The maximum atomic E-state index is 13.6. The number of aromatic nitrogens is 2. The molecule has 45 heavy (non-hydrogen) atoms. The predicted molar refractivity (Wildman–Crippen MR) is 165 cm³/mol. The Balaban J connectivity index is 2.23. The molecule has 0 saturated heterocycles. The summed E-state index contributed by atoms with van der Waals surface area (Å²) in [6.07, 6.45) is 3.67. The third-order valence-electron chi connectivity index (χ3n) is 6.49. The van der Waals surface area contributed by atoms with Crippen LogP contribution in [0.1, 0.15) is 36.9 Å². The third-order valence-corrected chi connectivity index (χ3v) is 6.49. The number of H-pyrrole nitrogens is 1. The summed E-state index contributed by atoms with van der Waals surface area (Å²) in [6.45, 7) is 0.419. The van der Waals surface area contributed by atoms with Crippen molar-refractivity contribution in [1.82, 2.24) is 25.9 Å². The van der Waals surface area contributed by atoms with Crippen LogP contribution in [0.3, 0.4) is 0 Å². The molecule has 0 fully saturated rings. The molecular formula is C27H42N12O6. The number of benzene rings is 1. The van der Waals surface area contributed by atoms with Crippen LogP contribution in [-0.2, 0) is 32.0 Å². The van der Waals surface area contributed by atoms with Crippen LogP contribution < -0.4 is 44.6 Å². The van der Waals surface area contributed by atoms with Crippen LogP contribution in [0.2, 0.25) is 0 Å². The average molecular weight is 631 g/mol. The number of carboxylic acid groups (broad SMARTS) is 1. The molecule has 2 aromatic rings. The van der Waals surface area contributed by atoms with Gasteiger partial charge in [0.1, 0.15) is 23.9 Å². The standard InChI is InChI=1S/C27H42N12O6/c28-18(3-1-9-34-26(29)30)22(41)38-20(11-15-5-7-17(40)8-6-15)23(42)39-21(12-16-13-33-14-36-16)24(43)37-19(25(44)45)4-2-10-35-27(31)32/h5-8,13-14,18-21,40H,1-4,9-12,28H2,(H,33,36)(H,37,43)(H,38,41)(H,39,42)(H,44,45)(H4,29,30,34)(H4,31,32,35). The third kappa shape index (κ3) is 13.6. The Bertz CT molecular complexity index is 1310. The van der Waals surface area contributed by atoms with Crippen molar-refractivity contribution >= 4 is 35.6 Å². The molecule has 246 valence electrons. The first-order valence-corrected chi connectivity index (χ1v) is 14.1. The number of nitrogens with two attached hydrogens (primary N) is 5. The summed E-state index contributed by atoms with van der Waals surface area (Å²) in [4.78, 5) is 66.2. The minimum Gasteiger partial charge on any atom is -0.508 e. The number of aliphatic carboxylic acids is 1. The van der Waals surface area contributed by atoms with E-state index >= 15 is 0 Å². The number of amides is 3. The molecule has 0 bridgehead atoms. The smallest absolute Gasteiger partial charge is 0.326 e. The molecule has 18 heteroatoms. The maximum absolute atomic E-state index is 13.6. The van der Waals surface area contributed by atoms with E-state index in [0.29, 0.717) is 17.7 Å². The Kier molecular flexibility index (Phi) is 14.6. The van der Waals surface area contributed by atoms with E-state index < -0.39 is 47.9 Å². The van der Waals surface area contributed by atoms with E-state index in [1.54, 1.807) is 12.1 Å². The van der Waals surface area contributed by atoms with Gasteiger partial charge in [0.15, 0.2) is 11.9 Å². The van der Waals surface area contributed by atoms with Crippen LogP contribution >= 0.6 is 0 Å². The topological polar surface area (TPSA) is 328 Å². The van der Waals surface area contributed by atoms with E-state index in [1.165, 1.54) is 24.7 Å². The fourth-order valence-corrected chi connectivity index (χ4v) is 4.14. The van der Waals surface area contributed by atoms with E-state index in [9.17, 15) is 29.4 Å². The molecule has 0 aliphatic rings. The van der Waals surface area contributed by atoms with Gasteiger partial charge in [-0.05, 0) is 43.4 Å². The van der Waals surface area contributed by atoms with E-state index in [1.807, 2.05) is 0 Å². The highest BCUT2D eigenvalue weighted by molar-refractivity contribution is 5.94. The number of nitrogens with zero attached hydrogens (tertiary/aromatic N) is 3. The van der Waals surface area contributed by atoms with Gasteiger partial charge in [-0.1, -0.05) is 12.1 Å². The number of imidazole rings is 1. The fraction of sp³-hybridized carbons (Fsp3) is 0.444. The van der Waals surface area contributed by atoms with Gasteiger partial charge < -0.3 is 59.8 Å². The van der Waals surface area contributed by atoms with Crippen molar-refractivity contribution < 1.29 is 29.4 Å². The van der Waals surface area contributed by atoms with Gasteiger partial charge in [-0.15, -0.1) is 0 Å². The summed E-state index contributed by atoms with van der Waals surface area (Å²) in [7, 11) is 0. The van der Waals surface area contributed by atoms with Crippen molar-refractivity contribution in [2.24, 2.45) is 38.7 Å². The van der Waals surface area contributed by atoms with Crippen LogP contribution in [0, 0.1) is 0 Å². The van der Waals surface area contributed by atoms with Crippen LogP contribution in [0.5, 0.6) is 5.75 Å². The molecule has 0 saturated carbocycles. The molecule has 1 aromatic carbocycles. The largest absolute Gasteiger partial charge is 0.508 e. The molecule has 2 rings (SSSR count). The monoisotopic (exact) mass is 630 g/mol. The van der Waals surface area contributed by atoms with Crippen molar-refractivity contribution in [2.45, 2.75) is 62.7 Å². The zero-order chi connectivity index (χ0) is 33.4. The van der Waals surface area contributed by atoms with E-state index in [-0.39, 0.29) is 62.9 Å². The van der Waals surface area contributed by atoms with Gasteiger partial charge in [-0.3, -0.25) is 24.4 Å². The van der Waals surface area contributed by atoms with E-state index in [2.05, 4.69) is 35.9 Å². The number of hydrogen-bond acceptors (Lipinski definition) is 9. The fourth-order valence-electron chi connectivity index (χ4n) is 4.14. The molecule has 0 aliphatic carbocycles. The number of carboxylic acids is 1. The maximum Gasteiger partial charge on any atom is 0.326 e. The number of guanidine groups is 2. The first kappa shape index (κ1) is 35.8. The number of nitrogens with one attached hydrogen (secondary N) is 4. The first-order valence-electron chi connectivity index (χ1n) is 14.1. The Morgan fingerprint density at radius 2 is 1.33 bits per heavy atom. The number of aromatic amines is 1. The summed E-state index contributed by atoms with van der Waals surface area (Å²) in [5.74, 6) is -3.65. The highest BCUT2D eigenvalue weighted by atomic mass is 16.4. The van der Waals surface area contributed by atoms with Gasteiger partial charge >= 0.3 is 5.97 Å². The quantitative estimate of drug-likeness (QED) is 0.0417. The highest BCUT2D eigenvalue weighted by Gasteiger charge is 2.31. The second kappa shape index (κ2) is 18.3. The second-order valence-electron chi connectivity index (χ2n) is 10.2. The molecule has 3 amide bonds. The zero-order valence-corrected chi connectivity index (χ0v) is 24.7. The number of aliphatic imine (C=N–C) groups is 2. The molecule has 18 nitrogen and oxygen atoms in total. The number of aromatic hydroxyl groups is 1. The Labute approximate surface area is 259 Å². The zero-order valence-electron chi connectivity index (χ0n) is 24.7. The number of phenols is 1. The normalized spacial score (nSPS) is 13.4. The van der Waals surface area contributed by atoms with Gasteiger partial charge in [-0.2, -0.15) is 0 Å². The minimum atomic E-state index is -1.29. The lowest BCUT2D eigenvalue weighted by Gasteiger charge is -2.25. The van der Waals surface area contributed by atoms with Crippen molar-refractivity contribution in [1.29, 1.82) is 0 Å². The van der Waals surface area contributed by atoms with Gasteiger partial charge in [0.25, 0.3) is 0 Å². The number of rotatable bonds is 19. The lowest BCUT2D eigenvalue weighted by molar-refractivity contribution is -0.142. The van der Waals surface area contributed by atoms with Crippen molar-refractivity contribution in [3.63, 3.8) is 0 Å². The summed E-state index contributed by atoms with van der Waals surface area (Å²) in [5, 5.41) is 27.0. The first-order chi connectivity index (χ1) is 21.3. The Morgan fingerprint density at radius 1 is 0.800 bits per heavy atom. The second-order valence-corrected chi connectivity index (χ2v) is 10.2. The van der Waals surface area contributed by atoms with Crippen molar-refractivity contribution in [2.75, 3.05) is 13.1 Å². The van der Waals surface area contributed by atoms with Crippen LogP contribution in [-0.4, -0.2) is 93.0 Å². The molecule has 1 aromatic heterocycles. The number of hydrogen-bond donors (Lipinski definition) is 11. The summed E-state index contributed by atoms with van der Waals surface area (Å²) < 4.78 is 0. The molecule has 4 unspecified atom stereocenters. The van der Waals surface area contributed by atoms with E-state index in [0.717, 1.165) is 0 Å². The average Bonchev–Trinajstić information content (AvgIpc) is 3.49. The van der Waals surface area contributed by atoms with Gasteiger partial charge in [0.05, 0.1) is 12.4 Å². The number of carbonyl (C=O) groups excluding carboxylic acids is 3. The number of phenolic OH excluding ortho intramolecular Hbond substituents is 1. The summed E-state index contributed by atoms with van der Waals surface area (Å²) in [5.41, 5.74) is 28.3. The highest BCUT2D eigenvalue weighted by Crippen LogP contribution is 2.12. The molecule has 0 radical (unpaired) electrons. The lowest BCUT2D eigenvalue weighted by atomic mass is 10.0. The Hall–Kier alpha value is -5.39. The molecule has 0 spiro atoms. The molecule has 4 atom stereocenters. The van der Waals surface area contributed by atoms with Gasteiger partial charge in [-0.25, -0.2) is 9.78 Å². The van der Waals surface area contributed by atoms with Crippen LogP contribution in [0.4, 0.5) is 0 Å². The van der Waals surface area contributed by atoms with E-state index in [4.69, 9.17) is 28.7 Å². The summed E-state index contributed by atoms with van der Waals surface area (Å²) >= 11 is 0. The Morgan fingerprint density at radius 3 is 1.87 bits per heavy atom. The minimum absolute atomic E-state index is 0.00848. The molecule has 1 heterocycles. The van der Waals surface area contributed by atoms with Gasteiger partial charge in [0.2, 0.25) is 17.7 Å². The molecule has 16 N–H and O–H groups in total. The number of carbonyl (C=O) groups is 4. The van der Waals surface area contributed by atoms with Crippen LogP contribution in [0.25, 0.3) is 0 Å². The molecular weight excluding hydrogens is 588 g/mol. The molecule has 0 aliphatic heterocycles. The van der Waals surface area contributed by atoms with Crippen LogP contribution in [0.15, 0.2) is 46.8 Å². The van der Waals surface area contributed by atoms with Crippen molar-refractivity contribution in [3.05, 3.63) is 48.0 Å².